The van der Waals surface area contributed by atoms with Gasteiger partial charge in [0.2, 0.25) is 0 Å². The highest BCUT2D eigenvalue weighted by atomic mass is 35.5. The van der Waals surface area contributed by atoms with Crippen molar-refractivity contribution in [3.63, 3.8) is 0 Å². The van der Waals surface area contributed by atoms with Crippen molar-refractivity contribution in [2.75, 3.05) is 13.7 Å². The fraction of sp³-hybridized carbons (Fsp3) is 0.115. The number of para-hydroxylation sites is 1. The van der Waals surface area contributed by atoms with Crippen LogP contribution in [0.15, 0.2) is 78.0 Å². The largest absolute Gasteiger partial charge is 0.482 e. The van der Waals surface area contributed by atoms with E-state index in [2.05, 4.69) is 15.1 Å². The summed E-state index contributed by atoms with van der Waals surface area (Å²) in [6.07, 6.45) is 3.52. The van der Waals surface area contributed by atoms with Crippen molar-refractivity contribution in [3.05, 3.63) is 99.7 Å². The number of amides is 1. The number of methoxy groups -OCH3 is 1. The average Bonchev–Trinajstić information content (AvgIpc) is 3.20. The fourth-order valence-electron chi connectivity index (χ4n) is 3.56. The molecule has 35 heavy (non-hydrogen) atoms. The molecule has 7 nitrogen and oxygen atoms in total. The molecule has 0 fully saturated rings. The first kappa shape index (κ1) is 24.3. The van der Waals surface area contributed by atoms with Crippen molar-refractivity contribution in [3.8, 4) is 5.75 Å². The molecular weight excluding hydrogens is 489 g/mol. The van der Waals surface area contributed by atoms with Crippen LogP contribution in [-0.4, -0.2) is 36.4 Å². The number of carbonyl (C=O) groups excluding carboxylic acids is 2. The van der Waals surface area contributed by atoms with Gasteiger partial charge in [0.1, 0.15) is 5.75 Å². The lowest BCUT2D eigenvalue weighted by atomic mass is 10.1. The zero-order chi connectivity index (χ0) is 24.8. The van der Waals surface area contributed by atoms with E-state index in [4.69, 9.17) is 32.7 Å². The molecular formula is C26H21Cl2N3O4. The van der Waals surface area contributed by atoms with E-state index in [0.717, 1.165) is 22.0 Å². The molecule has 0 saturated heterocycles. The molecule has 1 aromatic heterocycles. The molecule has 0 unspecified atom stereocenters. The number of nitrogens with one attached hydrogen (secondary N) is 1. The summed E-state index contributed by atoms with van der Waals surface area (Å²) in [6.45, 7) is 0.290. The van der Waals surface area contributed by atoms with Crippen LogP contribution < -0.4 is 10.2 Å². The summed E-state index contributed by atoms with van der Waals surface area (Å²) >= 11 is 11.9. The molecule has 0 spiro atoms. The van der Waals surface area contributed by atoms with Gasteiger partial charge in [-0.15, -0.1) is 0 Å². The van der Waals surface area contributed by atoms with E-state index in [1.54, 1.807) is 24.4 Å². The molecule has 0 radical (unpaired) electrons. The molecule has 1 N–H and O–H groups in total. The van der Waals surface area contributed by atoms with Gasteiger partial charge in [-0.1, -0.05) is 53.5 Å². The first-order valence-corrected chi connectivity index (χ1v) is 11.3. The van der Waals surface area contributed by atoms with Crippen LogP contribution in [0.3, 0.4) is 0 Å². The normalized spacial score (nSPS) is 11.1. The van der Waals surface area contributed by atoms with Crippen molar-refractivity contribution < 1.29 is 19.1 Å². The lowest BCUT2D eigenvalue weighted by Gasteiger charge is -2.07. The molecule has 0 bridgehead atoms. The topological polar surface area (TPSA) is 81.9 Å². The SMILES string of the molecule is COC(=O)c1cccc(Cn2cc(/C=N/NC(=O)COc3ccc(Cl)cc3Cl)c3ccccc32)c1. The molecule has 0 atom stereocenters. The maximum Gasteiger partial charge on any atom is 0.337 e. The van der Waals surface area contributed by atoms with E-state index in [0.29, 0.717) is 27.9 Å². The number of aromatic nitrogens is 1. The molecule has 178 valence electrons. The third-order valence-corrected chi connectivity index (χ3v) is 5.70. The molecule has 0 aliphatic heterocycles. The Morgan fingerprint density at radius 1 is 1.06 bits per heavy atom. The van der Waals surface area contributed by atoms with E-state index in [9.17, 15) is 9.59 Å². The minimum absolute atomic E-state index is 0.253. The number of halogens is 2. The van der Waals surface area contributed by atoms with Gasteiger partial charge in [0.05, 0.1) is 23.9 Å². The molecule has 1 heterocycles. The van der Waals surface area contributed by atoms with Crippen LogP contribution in [0.2, 0.25) is 10.0 Å². The number of hydrogen-bond acceptors (Lipinski definition) is 5. The van der Waals surface area contributed by atoms with Crippen LogP contribution in [0.25, 0.3) is 10.9 Å². The van der Waals surface area contributed by atoms with Crippen molar-refractivity contribution in [2.24, 2.45) is 5.10 Å². The summed E-state index contributed by atoms with van der Waals surface area (Å²) in [5.74, 6) is -0.458. The Morgan fingerprint density at radius 3 is 2.69 bits per heavy atom. The second-order valence-electron chi connectivity index (χ2n) is 7.58. The van der Waals surface area contributed by atoms with E-state index in [1.165, 1.54) is 13.2 Å². The van der Waals surface area contributed by atoms with Gasteiger partial charge in [0.25, 0.3) is 5.91 Å². The highest BCUT2D eigenvalue weighted by Gasteiger charge is 2.10. The Balaban J connectivity index is 1.45. The van der Waals surface area contributed by atoms with Crippen LogP contribution in [0.5, 0.6) is 5.75 Å². The van der Waals surface area contributed by atoms with Crippen LogP contribution in [-0.2, 0) is 16.1 Å². The first-order valence-electron chi connectivity index (χ1n) is 10.6. The summed E-state index contributed by atoms with van der Waals surface area (Å²) in [5, 5.41) is 5.84. The van der Waals surface area contributed by atoms with E-state index < -0.39 is 5.91 Å². The number of nitrogens with zero attached hydrogens (tertiary/aromatic N) is 2. The molecule has 0 aliphatic carbocycles. The maximum absolute atomic E-state index is 12.1. The number of benzene rings is 3. The van der Waals surface area contributed by atoms with Gasteiger partial charge in [0.15, 0.2) is 6.61 Å². The third-order valence-electron chi connectivity index (χ3n) is 5.17. The minimum atomic E-state index is -0.435. The molecule has 0 aliphatic rings. The van der Waals surface area contributed by atoms with E-state index >= 15 is 0 Å². The van der Waals surface area contributed by atoms with Gasteiger partial charge in [0, 0.05) is 34.2 Å². The Morgan fingerprint density at radius 2 is 1.89 bits per heavy atom. The minimum Gasteiger partial charge on any atom is -0.482 e. The van der Waals surface area contributed by atoms with Crippen molar-refractivity contribution in [1.82, 2.24) is 9.99 Å². The predicted molar refractivity (Wildman–Crippen MR) is 137 cm³/mol. The van der Waals surface area contributed by atoms with Gasteiger partial charge >= 0.3 is 5.97 Å². The maximum atomic E-state index is 12.1. The van der Waals surface area contributed by atoms with Crippen molar-refractivity contribution >= 4 is 52.2 Å². The molecule has 9 heteroatoms. The fourth-order valence-corrected chi connectivity index (χ4v) is 4.02. The lowest BCUT2D eigenvalue weighted by molar-refractivity contribution is -0.123. The third kappa shape index (κ3) is 6.01. The van der Waals surface area contributed by atoms with Gasteiger partial charge in [-0.2, -0.15) is 5.10 Å². The Kier molecular flexibility index (Phi) is 7.70. The highest BCUT2D eigenvalue weighted by molar-refractivity contribution is 6.35. The zero-order valence-electron chi connectivity index (χ0n) is 18.7. The Labute approximate surface area is 211 Å². The number of ether oxygens (including phenoxy) is 2. The quantitative estimate of drug-likeness (QED) is 0.198. The van der Waals surface area contributed by atoms with E-state index in [1.807, 2.05) is 48.7 Å². The smallest absolute Gasteiger partial charge is 0.337 e. The van der Waals surface area contributed by atoms with Crippen LogP contribution in [0, 0.1) is 0 Å². The Bertz CT molecular complexity index is 1420. The number of rotatable bonds is 8. The zero-order valence-corrected chi connectivity index (χ0v) is 20.2. The molecule has 1 amide bonds. The summed E-state index contributed by atoms with van der Waals surface area (Å²) < 4.78 is 12.3. The standard InChI is InChI=1S/C26H21Cl2N3O4/c1-34-26(33)18-6-4-5-17(11-18)14-31-15-19(21-7-2-3-8-23(21)31)13-29-30-25(32)16-35-24-10-9-20(27)12-22(24)28/h2-13,15H,14,16H2,1H3,(H,30,32)/b29-13+. The average molecular weight is 510 g/mol. The summed E-state index contributed by atoms with van der Waals surface area (Å²) in [7, 11) is 1.36. The monoisotopic (exact) mass is 509 g/mol. The second-order valence-corrected chi connectivity index (χ2v) is 8.42. The predicted octanol–water partition coefficient (Wildman–Crippen LogP) is 5.31. The van der Waals surface area contributed by atoms with Gasteiger partial charge in [-0.25, -0.2) is 10.2 Å². The molecule has 4 rings (SSSR count). The van der Waals surface area contributed by atoms with E-state index in [-0.39, 0.29) is 12.6 Å². The number of hydrazone groups is 1. The second kappa shape index (κ2) is 11.1. The van der Waals surface area contributed by atoms with Gasteiger partial charge < -0.3 is 14.0 Å². The first-order chi connectivity index (χ1) is 16.9. The van der Waals surface area contributed by atoms with Crippen molar-refractivity contribution in [2.45, 2.75) is 6.54 Å². The van der Waals surface area contributed by atoms with Gasteiger partial charge in [-0.3, -0.25) is 4.79 Å². The Hall–Kier alpha value is -3.81. The lowest BCUT2D eigenvalue weighted by Crippen LogP contribution is -2.24. The van der Waals surface area contributed by atoms with Crippen LogP contribution in [0.4, 0.5) is 0 Å². The van der Waals surface area contributed by atoms with Gasteiger partial charge in [-0.05, 0) is 42.0 Å². The highest BCUT2D eigenvalue weighted by Crippen LogP contribution is 2.27. The molecule has 3 aromatic carbocycles. The molecule has 4 aromatic rings. The number of carbonyl (C=O) groups is 2. The van der Waals surface area contributed by atoms with Crippen molar-refractivity contribution in [1.29, 1.82) is 0 Å². The summed E-state index contributed by atoms with van der Waals surface area (Å²) in [5.41, 5.74) is 5.72. The summed E-state index contributed by atoms with van der Waals surface area (Å²) in [6, 6.07) is 19.9. The number of hydrogen-bond donors (Lipinski definition) is 1. The van der Waals surface area contributed by atoms with Crippen LogP contribution >= 0.6 is 23.2 Å². The van der Waals surface area contributed by atoms with Crippen LogP contribution in [0.1, 0.15) is 21.5 Å². The summed E-state index contributed by atoms with van der Waals surface area (Å²) in [4.78, 5) is 24.0. The number of esters is 1. The number of fused-ring (bicyclic) bond motifs is 1. The molecule has 0 saturated carbocycles.